The number of nitrogens with two attached hydrogens (primary N) is 1. The molecule has 1 aromatic carbocycles. The van der Waals surface area contributed by atoms with E-state index in [0.717, 1.165) is 0 Å². The van der Waals surface area contributed by atoms with Crippen LogP contribution in [0.4, 0.5) is 0 Å². The quantitative estimate of drug-likeness (QED) is 0.929. The molecule has 1 rings (SSSR count). The van der Waals surface area contributed by atoms with Gasteiger partial charge in [-0.1, -0.05) is 37.0 Å². The van der Waals surface area contributed by atoms with E-state index in [1.165, 1.54) is 12.1 Å². The molecule has 17 heavy (non-hydrogen) atoms. The number of hydrogen-bond acceptors (Lipinski definition) is 3. The SMILES string of the molecule is CC(C)COc1ccc(S(N)(=O)=O)c(Cl)c1Cl. The molecule has 0 aliphatic heterocycles. The highest BCUT2D eigenvalue weighted by Gasteiger charge is 2.18. The van der Waals surface area contributed by atoms with Crippen molar-refractivity contribution in [1.82, 2.24) is 0 Å². The molecule has 0 saturated heterocycles. The van der Waals surface area contributed by atoms with Gasteiger partial charge in [-0.3, -0.25) is 0 Å². The fourth-order valence-electron chi connectivity index (χ4n) is 1.10. The lowest BCUT2D eigenvalue weighted by Gasteiger charge is -2.12. The van der Waals surface area contributed by atoms with Gasteiger partial charge in [0.15, 0.2) is 0 Å². The van der Waals surface area contributed by atoms with Crippen molar-refractivity contribution in [3.05, 3.63) is 22.2 Å². The Morgan fingerprint density at radius 1 is 1.29 bits per heavy atom. The molecule has 4 nitrogen and oxygen atoms in total. The Balaban J connectivity index is 3.11. The number of sulfonamides is 1. The summed E-state index contributed by atoms with van der Waals surface area (Å²) in [5.41, 5.74) is 0. The second-order valence-corrected chi connectivity index (χ2v) is 6.23. The zero-order valence-electron chi connectivity index (χ0n) is 9.41. The van der Waals surface area contributed by atoms with Gasteiger partial charge >= 0.3 is 0 Å². The number of rotatable bonds is 4. The molecule has 96 valence electrons. The van der Waals surface area contributed by atoms with Crippen molar-refractivity contribution in [2.45, 2.75) is 18.7 Å². The highest BCUT2D eigenvalue weighted by atomic mass is 35.5. The van der Waals surface area contributed by atoms with Crippen molar-refractivity contribution in [2.75, 3.05) is 6.61 Å². The van der Waals surface area contributed by atoms with Crippen LogP contribution < -0.4 is 9.88 Å². The Hall–Kier alpha value is -0.490. The molecular weight excluding hydrogens is 285 g/mol. The normalized spacial score (nSPS) is 11.9. The van der Waals surface area contributed by atoms with Crippen molar-refractivity contribution < 1.29 is 13.2 Å². The standard InChI is InChI=1S/C10H13Cl2NO3S/c1-6(2)5-16-7-3-4-8(17(13,14)15)10(12)9(7)11/h3-4,6H,5H2,1-2H3,(H2,13,14,15). The molecule has 0 unspecified atom stereocenters. The monoisotopic (exact) mass is 297 g/mol. The lowest BCUT2D eigenvalue weighted by atomic mass is 10.2. The van der Waals surface area contributed by atoms with Gasteiger partial charge in [0.05, 0.1) is 11.6 Å². The summed E-state index contributed by atoms with van der Waals surface area (Å²) < 4.78 is 27.7. The smallest absolute Gasteiger partial charge is 0.239 e. The summed E-state index contributed by atoms with van der Waals surface area (Å²) in [4.78, 5) is -0.207. The minimum Gasteiger partial charge on any atom is -0.492 e. The van der Waals surface area contributed by atoms with Crippen LogP contribution in [0, 0.1) is 5.92 Å². The first-order chi connectivity index (χ1) is 7.73. The van der Waals surface area contributed by atoms with E-state index in [-0.39, 0.29) is 14.9 Å². The van der Waals surface area contributed by atoms with Gasteiger partial charge in [-0.2, -0.15) is 0 Å². The summed E-state index contributed by atoms with van der Waals surface area (Å²) in [6.07, 6.45) is 0. The van der Waals surface area contributed by atoms with Gasteiger partial charge in [-0.15, -0.1) is 0 Å². The van der Waals surface area contributed by atoms with Crippen LogP contribution in [0.25, 0.3) is 0 Å². The molecule has 0 atom stereocenters. The maximum Gasteiger partial charge on any atom is 0.239 e. The van der Waals surface area contributed by atoms with Crippen LogP contribution in [0.3, 0.4) is 0 Å². The number of ether oxygens (including phenoxy) is 1. The molecule has 2 N–H and O–H groups in total. The van der Waals surface area contributed by atoms with Crippen molar-refractivity contribution in [1.29, 1.82) is 0 Å². The van der Waals surface area contributed by atoms with Crippen molar-refractivity contribution in [2.24, 2.45) is 11.1 Å². The van der Waals surface area contributed by atoms with Gasteiger partial charge in [-0.25, -0.2) is 13.6 Å². The molecule has 1 aromatic rings. The van der Waals surface area contributed by atoms with E-state index < -0.39 is 10.0 Å². The number of primary sulfonamides is 1. The summed E-state index contributed by atoms with van der Waals surface area (Å²) in [6.45, 7) is 4.42. The highest BCUT2D eigenvalue weighted by molar-refractivity contribution is 7.89. The summed E-state index contributed by atoms with van der Waals surface area (Å²) >= 11 is 11.7. The van der Waals surface area contributed by atoms with E-state index in [1.54, 1.807) is 0 Å². The first kappa shape index (κ1) is 14.6. The summed E-state index contributed by atoms with van der Waals surface area (Å²) in [7, 11) is -3.88. The summed E-state index contributed by atoms with van der Waals surface area (Å²) in [5.74, 6) is 0.667. The lowest BCUT2D eigenvalue weighted by Crippen LogP contribution is -2.13. The van der Waals surface area contributed by atoms with E-state index in [9.17, 15) is 8.42 Å². The maximum atomic E-state index is 11.2. The van der Waals surface area contributed by atoms with E-state index in [1.807, 2.05) is 13.8 Å². The van der Waals surface area contributed by atoms with Crippen LogP contribution in [0.2, 0.25) is 10.0 Å². The first-order valence-electron chi connectivity index (χ1n) is 4.87. The lowest BCUT2D eigenvalue weighted by molar-refractivity contribution is 0.271. The van der Waals surface area contributed by atoms with Gasteiger partial charge in [0.25, 0.3) is 0 Å². The van der Waals surface area contributed by atoms with E-state index in [4.69, 9.17) is 33.1 Å². The predicted molar refractivity (Wildman–Crippen MR) is 68.2 cm³/mol. The number of halogens is 2. The average Bonchev–Trinajstić information content (AvgIpc) is 2.18. The van der Waals surface area contributed by atoms with Crippen LogP contribution >= 0.6 is 23.2 Å². The average molecular weight is 298 g/mol. The fraction of sp³-hybridized carbons (Fsp3) is 0.400. The van der Waals surface area contributed by atoms with Gasteiger partial charge in [0, 0.05) is 0 Å². The Labute approximate surface area is 111 Å². The zero-order chi connectivity index (χ0) is 13.2. The fourth-order valence-corrected chi connectivity index (χ4v) is 2.47. The summed E-state index contributed by atoms with van der Waals surface area (Å²) in [5, 5.41) is 4.93. The number of benzene rings is 1. The molecule has 0 saturated carbocycles. The molecule has 0 heterocycles. The molecule has 0 aromatic heterocycles. The van der Waals surface area contributed by atoms with Crippen LogP contribution in [0.15, 0.2) is 17.0 Å². The van der Waals surface area contributed by atoms with Crippen LogP contribution in [0.1, 0.15) is 13.8 Å². The third-order valence-electron chi connectivity index (χ3n) is 1.89. The van der Waals surface area contributed by atoms with Gasteiger partial charge < -0.3 is 4.74 Å². The van der Waals surface area contributed by atoms with Gasteiger partial charge in [0.2, 0.25) is 10.0 Å². The van der Waals surface area contributed by atoms with Crippen molar-refractivity contribution in [3.8, 4) is 5.75 Å². The van der Waals surface area contributed by atoms with Gasteiger partial charge in [0.1, 0.15) is 15.7 Å². The van der Waals surface area contributed by atoms with Crippen LogP contribution in [-0.2, 0) is 10.0 Å². The Morgan fingerprint density at radius 3 is 2.35 bits per heavy atom. The molecule has 0 amide bonds. The van der Waals surface area contributed by atoms with E-state index in [0.29, 0.717) is 18.3 Å². The third-order valence-corrected chi connectivity index (χ3v) is 3.82. The van der Waals surface area contributed by atoms with Crippen LogP contribution in [-0.4, -0.2) is 15.0 Å². The molecule has 0 aliphatic rings. The zero-order valence-corrected chi connectivity index (χ0v) is 11.7. The Bertz CT molecular complexity index is 515. The molecule has 0 bridgehead atoms. The summed E-state index contributed by atoms with van der Waals surface area (Å²) in [6, 6.07) is 2.72. The topological polar surface area (TPSA) is 69.4 Å². The maximum absolute atomic E-state index is 11.2. The van der Waals surface area contributed by atoms with E-state index in [2.05, 4.69) is 0 Å². The first-order valence-corrected chi connectivity index (χ1v) is 7.17. The third kappa shape index (κ3) is 3.74. The minimum absolute atomic E-state index is 0.0545. The molecule has 7 heteroatoms. The second-order valence-electron chi connectivity index (χ2n) is 3.94. The Morgan fingerprint density at radius 2 is 1.88 bits per heavy atom. The molecule has 0 aliphatic carbocycles. The van der Waals surface area contributed by atoms with Crippen molar-refractivity contribution >= 4 is 33.2 Å². The predicted octanol–water partition coefficient (Wildman–Crippen LogP) is 2.68. The van der Waals surface area contributed by atoms with Crippen molar-refractivity contribution in [3.63, 3.8) is 0 Å². The van der Waals surface area contributed by atoms with E-state index >= 15 is 0 Å². The minimum atomic E-state index is -3.88. The molecule has 0 radical (unpaired) electrons. The largest absolute Gasteiger partial charge is 0.492 e. The van der Waals surface area contributed by atoms with Gasteiger partial charge in [-0.05, 0) is 18.1 Å². The highest BCUT2D eigenvalue weighted by Crippen LogP contribution is 2.36. The Kier molecular flexibility index (Phi) is 4.66. The molecule has 0 fully saturated rings. The molecule has 0 spiro atoms. The van der Waals surface area contributed by atoms with Crippen LogP contribution in [0.5, 0.6) is 5.75 Å². The molecular formula is C10H13Cl2NO3S. The number of hydrogen-bond donors (Lipinski definition) is 1. The second kappa shape index (κ2) is 5.44.